The first-order valence-corrected chi connectivity index (χ1v) is 6.46. The third-order valence-electron chi connectivity index (χ3n) is 3.08. The van der Waals surface area contributed by atoms with E-state index in [1.807, 2.05) is 19.1 Å². The zero-order valence-corrected chi connectivity index (χ0v) is 11.2. The molecule has 0 unspecified atom stereocenters. The Morgan fingerprint density at radius 3 is 2.55 bits per heavy atom. The second kappa shape index (κ2) is 6.18. The van der Waals surface area contributed by atoms with Gasteiger partial charge in [0.1, 0.15) is 0 Å². The van der Waals surface area contributed by atoms with Crippen LogP contribution in [0.3, 0.4) is 0 Å². The van der Waals surface area contributed by atoms with Crippen molar-refractivity contribution in [2.45, 2.75) is 13.3 Å². The first-order valence-electron chi connectivity index (χ1n) is 6.46. The van der Waals surface area contributed by atoms with Crippen molar-refractivity contribution in [3.05, 3.63) is 35.4 Å². The smallest absolute Gasteiger partial charge is 0.338 e. The third kappa shape index (κ3) is 3.14. The van der Waals surface area contributed by atoms with Crippen LogP contribution in [0.4, 0.5) is 4.79 Å². The number of hydrogen-bond donors (Lipinski definition) is 1. The highest BCUT2D eigenvalue weighted by Crippen LogP contribution is 2.07. The summed E-state index contributed by atoms with van der Waals surface area (Å²) >= 11 is 0. The SMILES string of the molecule is CCc1ccc(C(=O)OCC(=O)N2CCNC2=O)cc1. The maximum atomic E-state index is 11.8. The summed E-state index contributed by atoms with van der Waals surface area (Å²) in [6, 6.07) is 6.56. The Morgan fingerprint density at radius 1 is 1.30 bits per heavy atom. The van der Waals surface area contributed by atoms with Gasteiger partial charge in [-0.05, 0) is 24.1 Å². The number of aryl methyl sites for hydroxylation is 1. The molecule has 0 radical (unpaired) electrons. The van der Waals surface area contributed by atoms with Gasteiger partial charge in [0.15, 0.2) is 6.61 Å². The van der Waals surface area contributed by atoms with E-state index in [4.69, 9.17) is 4.74 Å². The van der Waals surface area contributed by atoms with Crippen molar-refractivity contribution in [2.24, 2.45) is 0 Å². The van der Waals surface area contributed by atoms with Crippen LogP contribution in [0.1, 0.15) is 22.8 Å². The molecule has 1 aromatic rings. The molecule has 1 N–H and O–H groups in total. The van der Waals surface area contributed by atoms with Crippen LogP contribution in [0.5, 0.6) is 0 Å². The zero-order chi connectivity index (χ0) is 14.5. The number of hydrogen-bond acceptors (Lipinski definition) is 4. The highest BCUT2D eigenvalue weighted by Gasteiger charge is 2.26. The highest BCUT2D eigenvalue weighted by atomic mass is 16.5. The van der Waals surface area contributed by atoms with Gasteiger partial charge in [-0.1, -0.05) is 19.1 Å². The average molecular weight is 276 g/mol. The minimum Gasteiger partial charge on any atom is -0.452 e. The monoisotopic (exact) mass is 276 g/mol. The van der Waals surface area contributed by atoms with Crippen molar-refractivity contribution in [1.82, 2.24) is 10.2 Å². The van der Waals surface area contributed by atoms with Crippen LogP contribution < -0.4 is 5.32 Å². The lowest BCUT2D eigenvalue weighted by molar-refractivity contribution is -0.130. The average Bonchev–Trinajstić information content (AvgIpc) is 2.90. The summed E-state index contributed by atoms with van der Waals surface area (Å²) in [5, 5.41) is 2.51. The van der Waals surface area contributed by atoms with Gasteiger partial charge in [0.2, 0.25) is 0 Å². The first kappa shape index (κ1) is 14.0. The largest absolute Gasteiger partial charge is 0.452 e. The van der Waals surface area contributed by atoms with Crippen molar-refractivity contribution in [1.29, 1.82) is 0 Å². The summed E-state index contributed by atoms with van der Waals surface area (Å²) in [6.07, 6.45) is 0.887. The fourth-order valence-electron chi connectivity index (χ4n) is 1.87. The summed E-state index contributed by atoms with van der Waals surface area (Å²) in [4.78, 5) is 35.7. The van der Waals surface area contributed by atoms with Gasteiger partial charge < -0.3 is 10.1 Å². The molecular weight excluding hydrogens is 260 g/mol. The Kier molecular flexibility index (Phi) is 4.34. The van der Waals surface area contributed by atoms with Gasteiger partial charge in [0.25, 0.3) is 5.91 Å². The van der Waals surface area contributed by atoms with E-state index in [1.165, 1.54) is 0 Å². The standard InChI is InChI=1S/C14H16N2O4/c1-2-10-3-5-11(6-4-10)13(18)20-9-12(17)16-8-7-15-14(16)19/h3-6H,2,7-9H2,1H3,(H,15,19). The number of benzene rings is 1. The number of carbonyl (C=O) groups is 3. The Balaban J connectivity index is 1.88. The van der Waals surface area contributed by atoms with E-state index >= 15 is 0 Å². The zero-order valence-electron chi connectivity index (χ0n) is 11.2. The number of nitrogens with zero attached hydrogens (tertiary/aromatic N) is 1. The Morgan fingerprint density at radius 2 is 2.00 bits per heavy atom. The molecule has 1 fully saturated rings. The van der Waals surface area contributed by atoms with Crippen molar-refractivity contribution in [2.75, 3.05) is 19.7 Å². The van der Waals surface area contributed by atoms with E-state index in [0.29, 0.717) is 18.7 Å². The van der Waals surface area contributed by atoms with Crippen LogP contribution in [-0.4, -0.2) is 42.5 Å². The molecule has 1 saturated heterocycles. The number of carbonyl (C=O) groups excluding carboxylic acids is 3. The number of imide groups is 1. The van der Waals surface area contributed by atoms with Crippen molar-refractivity contribution in [3.63, 3.8) is 0 Å². The summed E-state index contributed by atoms with van der Waals surface area (Å²) in [7, 11) is 0. The van der Waals surface area contributed by atoms with Crippen LogP contribution in [0, 0.1) is 0 Å². The quantitative estimate of drug-likeness (QED) is 0.831. The van der Waals surface area contributed by atoms with Gasteiger partial charge in [0.05, 0.1) is 5.56 Å². The topological polar surface area (TPSA) is 75.7 Å². The molecule has 0 bridgehead atoms. The summed E-state index contributed by atoms with van der Waals surface area (Å²) < 4.78 is 4.91. The predicted molar refractivity (Wildman–Crippen MR) is 71.2 cm³/mol. The number of amides is 3. The number of nitrogens with one attached hydrogen (secondary N) is 1. The molecular formula is C14H16N2O4. The van der Waals surface area contributed by atoms with Crippen molar-refractivity contribution >= 4 is 17.9 Å². The normalized spacial score (nSPS) is 14.1. The lowest BCUT2D eigenvalue weighted by atomic mass is 10.1. The molecule has 0 aromatic heterocycles. The number of esters is 1. The van der Waals surface area contributed by atoms with Crippen LogP contribution in [0.2, 0.25) is 0 Å². The highest BCUT2D eigenvalue weighted by molar-refractivity contribution is 5.98. The van der Waals surface area contributed by atoms with E-state index < -0.39 is 24.5 Å². The molecule has 6 heteroatoms. The Bertz CT molecular complexity index is 524. The van der Waals surface area contributed by atoms with Crippen molar-refractivity contribution in [3.8, 4) is 0 Å². The van der Waals surface area contributed by atoms with Gasteiger partial charge in [-0.3, -0.25) is 9.69 Å². The summed E-state index contributed by atoms with van der Waals surface area (Å²) in [6.45, 7) is 2.33. The van der Waals surface area contributed by atoms with Crippen molar-refractivity contribution < 1.29 is 19.1 Å². The molecule has 3 amide bonds. The fourth-order valence-corrected chi connectivity index (χ4v) is 1.87. The minimum atomic E-state index is -0.569. The van der Waals surface area contributed by atoms with Gasteiger partial charge in [-0.15, -0.1) is 0 Å². The number of urea groups is 1. The van der Waals surface area contributed by atoms with Gasteiger partial charge in [0, 0.05) is 13.1 Å². The molecule has 1 aliphatic rings. The van der Waals surface area contributed by atoms with E-state index in [0.717, 1.165) is 16.9 Å². The minimum absolute atomic E-state index is 0.306. The molecule has 1 aromatic carbocycles. The first-order chi connectivity index (χ1) is 9.61. The van der Waals surface area contributed by atoms with E-state index in [9.17, 15) is 14.4 Å². The maximum Gasteiger partial charge on any atom is 0.338 e. The number of rotatable bonds is 4. The van der Waals surface area contributed by atoms with Gasteiger partial charge in [-0.2, -0.15) is 0 Å². The molecule has 0 saturated carbocycles. The van der Waals surface area contributed by atoms with Gasteiger partial charge >= 0.3 is 12.0 Å². The number of ether oxygens (including phenoxy) is 1. The molecule has 106 valence electrons. The maximum absolute atomic E-state index is 11.8. The van der Waals surface area contributed by atoms with Crippen LogP contribution in [0.25, 0.3) is 0 Å². The van der Waals surface area contributed by atoms with Crippen LogP contribution >= 0.6 is 0 Å². The molecule has 0 aliphatic carbocycles. The molecule has 1 heterocycles. The molecule has 0 spiro atoms. The van der Waals surface area contributed by atoms with E-state index in [1.54, 1.807) is 12.1 Å². The van der Waals surface area contributed by atoms with Crippen LogP contribution in [0.15, 0.2) is 24.3 Å². The third-order valence-corrected chi connectivity index (χ3v) is 3.08. The Labute approximate surface area is 116 Å². The predicted octanol–water partition coefficient (Wildman–Crippen LogP) is 0.958. The second-order valence-electron chi connectivity index (χ2n) is 4.40. The van der Waals surface area contributed by atoms with E-state index in [2.05, 4.69) is 5.32 Å². The second-order valence-corrected chi connectivity index (χ2v) is 4.40. The summed E-state index contributed by atoms with van der Waals surface area (Å²) in [5.74, 6) is -1.08. The fraction of sp³-hybridized carbons (Fsp3) is 0.357. The molecule has 1 aliphatic heterocycles. The molecule has 6 nitrogen and oxygen atoms in total. The lowest BCUT2D eigenvalue weighted by Crippen LogP contribution is -2.37. The molecule has 2 rings (SSSR count). The molecule has 20 heavy (non-hydrogen) atoms. The Hall–Kier alpha value is -2.37. The van der Waals surface area contributed by atoms with Crippen LogP contribution in [-0.2, 0) is 16.0 Å². The van der Waals surface area contributed by atoms with Gasteiger partial charge in [-0.25, -0.2) is 9.59 Å². The lowest BCUT2D eigenvalue weighted by Gasteiger charge is -2.12. The summed E-state index contributed by atoms with van der Waals surface area (Å²) in [5.41, 5.74) is 1.51. The molecule has 0 atom stereocenters. The van der Waals surface area contributed by atoms with E-state index in [-0.39, 0.29) is 0 Å².